The summed E-state index contributed by atoms with van der Waals surface area (Å²) < 4.78 is 10.3. The normalized spacial score (nSPS) is 11.4. The van der Waals surface area contributed by atoms with Crippen molar-refractivity contribution in [2.75, 3.05) is 7.11 Å². The number of carboxylic acid groups (broad SMARTS) is 1. The standard InChI is InChI=1S/C13H12N2O4S/c1-8-14-15-13(19-8)20-11(12(16)17)7-9-5-3-4-6-10(9)18-2/h3-7H,1-2H3,(H,16,17)/b11-7+. The molecule has 0 aliphatic heterocycles. The van der Waals surface area contributed by atoms with Crippen LogP contribution in [-0.2, 0) is 4.79 Å². The number of methoxy groups -OCH3 is 1. The zero-order chi connectivity index (χ0) is 14.5. The highest BCUT2D eigenvalue weighted by molar-refractivity contribution is 8.03. The first-order valence-corrected chi connectivity index (χ1v) is 6.48. The number of hydrogen-bond acceptors (Lipinski definition) is 6. The highest BCUT2D eigenvalue weighted by Gasteiger charge is 2.15. The van der Waals surface area contributed by atoms with Crippen molar-refractivity contribution in [3.05, 3.63) is 40.6 Å². The van der Waals surface area contributed by atoms with Crippen LogP contribution in [0.25, 0.3) is 6.08 Å². The number of aromatic nitrogens is 2. The van der Waals surface area contributed by atoms with E-state index in [-0.39, 0.29) is 10.1 Å². The Kier molecular flexibility index (Phi) is 4.41. The maximum Gasteiger partial charge on any atom is 0.342 e. The second-order valence-corrected chi connectivity index (χ2v) is 4.74. The van der Waals surface area contributed by atoms with Gasteiger partial charge in [0.15, 0.2) is 0 Å². The third-order valence-electron chi connectivity index (χ3n) is 2.34. The molecule has 2 aromatic rings. The van der Waals surface area contributed by atoms with Gasteiger partial charge >= 0.3 is 5.97 Å². The molecule has 0 saturated heterocycles. The van der Waals surface area contributed by atoms with Crippen molar-refractivity contribution in [2.45, 2.75) is 12.1 Å². The first kappa shape index (κ1) is 14.1. The average Bonchev–Trinajstić information content (AvgIpc) is 2.84. The fourth-order valence-electron chi connectivity index (χ4n) is 1.48. The highest BCUT2D eigenvalue weighted by Crippen LogP contribution is 2.29. The van der Waals surface area contributed by atoms with E-state index >= 15 is 0 Å². The van der Waals surface area contributed by atoms with Crippen molar-refractivity contribution in [1.29, 1.82) is 0 Å². The summed E-state index contributed by atoms with van der Waals surface area (Å²) in [6.07, 6.45) is 1.51. The molecule has 2 rings (SSSR count). The van der Waals surface area contributed by atoms with Gasteiger partial charge in [-0.05, 0) is 23.9 Å². The van der Waals surface area contributed by atoms with E-state index in [9.17, 15) is 9.90 Å². The lowest BCUT2D eigenvalue weighted by atomic mass is 10.2. The summed E-state index contributed by atoms with van der Waals surface area (Å²) in [6.45, 7) is 1.64. The van der Waals surface area contributed by atoms with Crippen LogP contribution < -0.4 is 4.74 Å². The van der Waals surface area contributed by atoms with E-state index in [1.165, 1.54) is 13.2 Å². The van der Waals surface area contributed by atoms with Crippen LogP contribution in [0.2, 0.25) is 0 Å². The van der Waals surface area contributed by atoms with Crippen molar-refractivity contribution in [2.24, 2.45) is 0 Å². The third-order valence-corrected chi connectivity index (χ3v) is 3.19. The Balaban J connectivity index is 2.32. The number of ether oxygens (including phenoxy) is 1. The van der Waals surface area contributed by atoms with Crippen LogP contribution in [0.5, 0.6) is 5.75 Å². The summed E-state index contributed by atoms with van der Waals surface area (Å²) in [5.74, 6) is -0.0974. The van der Waals surface area contributed by atoms with Crippen LogP contribution in [0.3, 0.4) is 0 Å². The second kappa shape index (κ2) is 6.25. The van der Waals surface area contributed by atoms with Crippen molar-refractivity contribution < 1.29 is 19.1 Å². The zero-order valence-corrected chi connectivity index (χ0v) is 11.7. The number of para-hydroxylation sites is 1. The Hall–Kier alpha value is -2.28. The molecule has 0 spiro atoms. The summed E-state index contributed by atoms with van der Waals surface area (Å²) in [5, 5.41) is 16.9. The van der Waals surface area contributed by atoms with E-state index in [1.54, 1.807) is 25.1 Å². The molecular weight excluding hydrogens is 280 g/mol. The number of carbonyl (C=O) groups is 1. The molecule has 104 valence electrons. The van der Waals surface area contributed by atoms with E-state index in [4.69, 9.17) is 9.15 Å². The molecule has 1 N–H and O–H groups in total. The van der Waals surface area contributed by atoms with Gasteiger partial charge in [-0.3, -0.25) is 0 Å². The lowest BCUT2D eigenvalue weighted by molar-refractivity contribution is -0.131. The largest absolute Gasteiger partial charge is 0.496 e. The molecule has 0 radical (unpaired) electrons. The molecule has 0 aliphatic rings. The number of rotatable bonds is 5. The summed E-state index contributed by atoms with van der Waals surface area (Å²) in [4.78, 5) is 11.4. The van der Waals surface area contributed by atoms with Crippen LogP contribution in [0.4, 0.5) is 0 Å². The number of nitrogens with zero attached hydrogens (tertiary/aromatic N) is 2. The fourth-order valence-corrected chi connectivity index (χ4v) is 2.18. The van der Waals surface area contributed by atoms with Gasteiger partial charge in [-0.15, -0.1) is 10.2 Å². The molecule has 7 heteroatoms. The molecule has 0 amide bonds. The molecule has 20 heavy (non-hydrogen) atoms. The van der Waals surface area contributed by atoms with E-state index < -0.39 is 5.97 Å². The topological polar surface area (TPSA) is 85.5 Å². The zero-order valence-electron chi connectivity index (χ0n) is 10.9. The number of benzene rings is 1. The highest BCUT2D eigenvalue weighted by atomic mass is 32.2. The predicted octanol–water partition coefficient (Wildman–Crippen LogP) is 2.60. The SMILES string of the molecule is COc1ccccc1/C=C(/Sc1nnc(C)o1)C(=O)O. The monoisotopic (exact) mass is 292 g/mol. The van der Waals surface area contributed by atoms with Gasteiger partial charge in [-0.25, -0.2) is 4.79 Å². The Morgan fingerprint density at radius 3 is 2.75 bits per heavy atom. The second-order valence-electron chi connectivity index (χ2n) is 3.74. The van der Waals surface area contributed by atoms with E-state index in [0.717, 1.165) is 11.8 Å². The van der Waals surface area contributed by atoms with Gasteiger partial charge in [0.25, 0.3) is 5.22 Å². The van der Waals surface area contributed by atoms with Gasteiger partial charge in [-0.1, -0.05) is 18.2 Å². The lowest BCUT2D eigenvalue weighted by Crippen LogP contribution is -1.97. The first-order valence-electron chi connectivity index (χ1n) is 5.66. The Labute approximate surface area is 119 Å². The summed E-state index contributed by atoms with van der Waals surface area (Å²) in [7, 11) is 1.53. The average molecular weight is 292 g/mol. The molecular formula is C13H12N2O4S. The molecule has 0 atom stereocenters. The van der Waals surface area contributed by atoms with Crippen LogP contribution >= 0.6 is 11.8 Å². The number of carboxylic acids is 1. The molecule has 0 fully saturated rings. The van der Waals surface area contributed by atoms with Gasteiger partial charge in [-0.2, -0.15) is 0 Å². The fraction of sp³-hybridized carbons (Fsp3) is 0.154. The molecule has 1 aromatic carbocycles. The van der Waals surface area contributed by atoms with Crippen molar-refractivity contribution in [3.63, 3.8) is 0 Å². The van der Waals surface area contributed by atoms with Gasteiger partial charge in [0.05, 0.1) is 7.11 Å². The number of thioether (sulfide) groups is 1. The maximum absolute atomic E-state index is 11.3. The summed E-state index contributed by atoms with van der Waals surface area (Å²) >= 11 is 0.897. The van der Waals surface area contributed by atoms with E-state index in [2.05, 4.69) is 10.2 Å². The maximum atomic E-state index is 11.3. The van der Waals surface area contributed by atoms with Crippen LogP contribution in [-0.4, -0.2) is 28.4 Å². The Bertz CT molecular complexity index is 651. The van der Waals surface area contributed by atoms with Crippen LogP contribution in [0, 0.1) is 6.92 Å². The predicted molar refractivity (Wildman–Crippen MR) is 73.5 cm³/mol. The first-order chi connectivity index (χ1) is 9.60. The van der Waals surface area contributed by atoms with Gasteiger partial charge in [0.1, 0.15) is 10.7 Å². The minimum Gasteiger partial charge on any atom is -0.496 e. The Morgan fingerprint density at radius 2 is 2.15 bits per heavy atom. The van der Waals surface area contributed by atoms with E-state index in [0.29, 0.717) is 17.2 Å². The molecule has 0 unspecified atom stereocenters. The lowest BCUT2D eigenvalue weighted by Gasteiger charge is -2.05. The number of hydrogen-bond donors (Lipinski definition) is 1. The smallest absolute Gasteiger partial charge is 0.342 e. The molecule has 0 bridgehead atoms. The number of aliphatic carboxylic acids is 1. The minimum atomic E-state index is -1.07. The number of aryl methyl sites for hydroxylation is 1. The van der Waals surface area contributed by atoms with Crippen LogP contribution in [0.1, 0.15) is 11.5 Å². The summed E-state index contributed by atoms with van der Waals surface area (Å²) in [6, 6.07) is 7.13. The van der Waals surface area contributed by atoms with Gasteiger partial charge < -0.3 is 14.3 Å². The van der Waals surface area contributed by atoms with Crippen molar-refractivity contribution >= 4 is 23.8 Å². The van der Waals surface area contributed by atoms with Crippen LogP contribution in [0.15, 0.2) is 38.8 Å². The molecule has 0 saturated carbocycles. The van der Waals surface area contributed by atoms with Gasteiger partial charge in [0, 0.05) is 12.5 Å². The molecule has 0 aliphatic carbocycles. The molecule has 1 aromatic heterocycles. The molecule has 1 heterocycles. The summed E-state index contributed by atoms with van der Waals surface area (Å²) in [5.41, 5.74) is 0.663. The van der Waals surface area contributed by atoms with E-state index in [1.807, 2.05) is 6.07 Å². The quantitative estimate of drug-likeness (QED) is 0.669. The van der Waals surface area contributed by atoms with Crippen molar-refractivity contribution in [1.82, 2.24) is 10.2 Å². The minimum absolute atomic E-state index is 0.0677. The van der Waals surface area contributed by atoms with Gasteiger partial charge in [0.2, 0.25) is 5.89 Å². The molecule has 6 nitrogen and oxygen atoms in total. The van der Waals surface area contributed by atoms with Crippen molar-refractivity contribution in [3.8, 4) is 5.75 Å². The Morgan fingerprint density at radius 1 is 1.40 bits per heavy atom. The third kappa shape index (κ3) is 3.39.